The summed E-state index contributed by atoms with van der Waals surface area (Å²) in [4.78, 5) is 0. The molecular weight excluding hydrogens is 246 g/mol. The van der Waals surface area contributed by atoms with Gasteiger partial charge < -0.3 is 31.3 Å². The van der Waals surface area contributed by atoms with Crippen molar-refractivity contribution in [1.29, 1.82) is 0 Å². The quantitative estimate of drug-likeness (QED) is 0.408. The van der Waals surface area contributed by atoms with Gasteiger partial charge in [0.25, 0.3) is 0 Å². The fourth-order valence-corrected chi connectivity index (χ4v) is 3.55. The molecule has 4 heteroatoms. The molecule has 1 unspecified atom stereocenters. The van der Waals surface area contributed by atoms with E-state index in [9.17, 15) is 5.11 Å². The second kappa shape index (κ2) is 3.17. The van der Waals surface area contributed by atoms with Gasteiger partial charge in [-0.15, -0.1) is 0 Å². The number of nitrogens with zero attached hydrogens (tertiary/aromatic N) is 1. The van der Waals surface area contributed by atoms with Gasteiger partial charge in [-0.25, -0.2) is 0 Å². The number of hydrogen-bond donors (Lipinski definition) is 1. The highest BCUT2D eigenvalue weighted by atomic mass is 79.9. The van der Waals surface area contributed by atoms with E-state index in [4.69, 9.17) is 4.74 Å². The summed E-state index contributed by atoms with van der Waals surface area (Å²) in [5, 5.41) is 9.69. The van der Waals surface area contributed by atoms with Crippen molar-refractivity contribution in [1.82, 2.24) is 0 Å². The first-order valence-electron chi connectivity index (χ1n) is 5.35. The molecule has 2 bridgehead atoms. The van der Waals surface area contributed by atoms with Crippen molar-refractivity contribution in [2.24, 2.45) is 0 Å². The maximum Gasteiger partial charge on any atom is 0.142 e. The van der Waals surface area contributed by atoms with Crippen LogP contribution < -0.4 is 17.0 Å². The number of likely N-dealkylation sites (N-methyl/N-ethyl adjacent to an activating group) is 1. The Morgan fingerprint density at radius 1 is 1.29 bits per heavy atom. The number of aliphatic hydroxyl groups excluding tert-OH is 1. The summed E-state index contributed by atoms with van der Waals surface area (Å²) in [5.41, 5.74) is 0. The summed E-state index contributed by atoms with van der Waals surface area (Å²) in [7, 11) is 2.33. The number of halogens is 1. The summed E-state index contributed by atoms with van der Waals surface area (Å²) >= 11 is 0. The monoisotopic (exact) mass is 263 g/mol. The van der Waals surface area contributed by atoms with Crippen molar-refractivity contribution < 1.29 is 31.3 Å². The van der Waals surface area contributed by atoms with Gasteiger partial charge in [-0.05, 0) is 6.92 Å². The lowest BCUT2D eigenvalue weighted by Gasteiger charge is -2.47. The van der Waals surface area contributed by atoms with Crippen molar-refractivity contribution in [3.05, 3.63) is 0 Å². The molecule has 3 fully saturated rings. The molecule has 3 rings (SSSR count). The largest absolute Gasteiger partial charge is 1.00 e. The molecule has 3 nitrogen and oxygen atoms in total. The molecule has 3 aliphatic rings. The van der Waals surface area contributed by atoms with Crippen LogP contribution in [0.5, 0.6) is 0 Å². The van der Waals surface area contributed by atoms with Gasteiger partial charge >= 0.3 is 0 Å². The first-order chi connectivity index (χ1) is 6.16. The van der Waals surface area contributed by atoms with Crippen LogP contribution in [0.15, 0.2) is 0 Å². The Bertz CT molecular complexity index is 230. The molecule has 14 heavy (non-hydrogen) atoms. The zero-order valence-corrected chi connectivity index (χ0v) is 10.3. The second-order valence-corrected chi connectivity index (χ2v) is 4.99. The van der Waals surface area contributed by atoms with Gasteiger partial charge in [0.2, 0.25) is 0 Å². The molecular formula is C10H18BrNO2. The van der Waals surface area contributed by atoms with Crippen molar-refractivity contribution in [3.8, 4) is 0 Å². The number of ether oxygens (including phenoxy) is 1. The van der Waals surface area contributed by atoms with Crippen molar-refractivity contribution >= 4 is 0 Å². The molecule has 0 aliphatic carbocycles. The molecule has 0 aromatic heterocycles. The SMILES string of the molecule is CC[N+]1(C)[C@@H]2C[C@@H](O)C[C@H]1[C@@H]1O[C@@H]12.[Br-]. The van der Waals surface area contributed by atoms with Gasteiger partial charge in [0.1, 0.15) is 24.3 Å². The molecule has 3 heterocycles. The molecule has 0 aromatic rings. The maximum atomic E-state index is 9.69. The van der Waals surface area contributed by atoms with E-state index >= 15 is 0 Å². The van der Waals surface area contributed by atoms with Crippen LogP contribution in [0.4, 0.5) is 0 Å². The summed E-state index contributed by atoms with van der Waals surface area (Å²) in [6, 6.07) is 1.15. The highest BCUT2D eigenvalue weighted by Crippen LogP contribution is 2.51. The minimum absolute atomic E-state index is 0. The van der Waals surface area contributed by atoms with E-state index in [1.165, 1.54) is 6.54 Å². The van der Waals surface area contributed by atoms with Crippen LogP contribution in [0.1, 0.15) is 19.8 Å². The lowest BCUT2D eigenvalue weighted by Crippen LogP contribution is -3.00. The smallest absolute Gasteiger partial charge is 0.142 e. The van der Waals surface area contributed by atoms with Crippen LogP contribution in [-0.2, 0) is 4.74 Å². The Kier molecular flexibility index (Phi) is 2.46. The van der Waals surface area contributed by atoms with E-state index in [0.717, 1.165) is 17.3 Å². The number of piperidine rings is 1. The molecule has 6 atom stereocenters. The summed E-state index contributed by atoms with van der Waals surface area (Å²) < 4.78 is 6.78. The number of quaternary nitrogens is 1. The number of morpholine rings is 1. The fraction of sp³-hybridized carbons (Fsp3) is 1.00. The van der Waals surface area contributed by atoms with Crippen LogP contribution in [0, 0.1) is 0 Å². The van der Waals surface area contributed by atoms with Gasteiger partial charge in [0.05, 0.1) is 19.7 Å². The number of aliphatic hydroxyl groups is 1. The Labute approximate surface area is 95.4 Å². The number of rotatable bonds is 1. The molecule has 0 aromatic carbocycles. The van der Waals surface area contributed by atoms with Gasteiger partial charge in [0.15, 0.2) is 0 Å². The third kappa shape index (κ3) is 1.14. The normalized spacial score (nSPS) is 58.9. The van der Waals surface area contributed by atoms with Gasteiger partial charge in [-0.3, -0.25) is 0 Å². The molecule has 0 radical (unpaired) electrons. The first-order valence-corrected chi connectivity index (χ1v) is 5.35. The average molecular weight is 264 g/mol. The Hall–Kier alpha value is 0.360. The van der Waals surface area contributed by atoms with Crippen LogP contribution in [0.2, 0.25) is 0 Å². The molecule has 0 amide bonds. The fourth-order valence-electron chi connectivity index (χ4n) is 3.55. The van der Waals surface area contributed by atoms with Crippen LogP contribution in [0.25, 0.3) is 0 Å². The lowest BCUT2D eigenvalue weighted by atomic mass is 9.96. The van der Waals surface area contributed by atoms with Crippen LogP contribution >= 0.6 is 0 Å². The van der Waals surface area contributed by atoms with Crippen LogP contribution in [0.3, 0.4) is 0 Å². The topological polar surface area (TPSA) is 32.8 Å². The van der Waals surface area contributed by atoms with E-state index in [1.54, 1.807) is 0 Å². The van der Waals surface area contributed by atoms with Gasteiger partial charge in [-0.2, -0.15) is 0 Å². The van der Waals surface area contributed by atoms with E-state index in [0.29, 0.717) is 24.3 Å². The number of fused-ring (bicyclic) bond motifs is 5. The average Bonchev–Trinajstić information content (AvgIpc) is 2.83. The Morgan fingerprint density at radius 2 is 1.79 bits per heavy atom. The number of hydrogen-bond acceptors (Lipinski definition) is 2. The van der Waals surface area contributed by atoms with Crippen molar-refractivity contribution in [3.63, 3.8) is 0 Å². The Balaban J connectivity index is 0.000000750. The predicted octanol–water partition coefficient (Wildman–Crippen LogP) is -2.87. The third-order valence-electron chi connectivity index (χ3n) is 4.54. The zero-order chi connectivity index (χ0) is 9.22. The maximum absolute atomic E-state index is 9.69. The minimum atomic E-state index is -0.0656. The summed E-state index contributed by atoms with van der Waals surface area (Å²) in [6.07, 6.45) is 2.78. The summed E-state index contributed by atoms with van der Waals surface area (Å²) in [6.45, 7) is 3.43. The van der Waals surface area contributed by atoms with E-state index in [1.807, 2.05) is 0 Å². The van der Waals surface area contributed by atoms with Crippen molar-refractivity contribution in [2.75, 3.05) is 13.6 Å². The molecule has 3 aliphatic heterocycles. The third-order valence-corrected chi connectivity index (χ3v) is 4.54. The predicted molar refractivity (Wildman–Crippen MR) is 48.2 cm³/mol. The van der Waals surface area contributed by atoms with Crippen LogP contribution in [-0.4, -0.2) is 53.6 Å². The molecule has 1 N–H and O–H groups in total. The highest BCUT2D eigenvalue weighted by molar-refractivity contribution is 5.07. The standard InChI is InChI=1S/C10H18NO2.BrH/c1-3-11(2)7-4-6(12)5-8(11)10-9(7)13-10;/h6-10,12H,3-5H2,1-2H3;1H/q+1;/p-1/t6-,7-,8+,9-,10+,11?;. The molecule has 0 spiro atoms. The summed E-state index contributed by atoms with van der Waals surface area (Å²) in [5.74, 6) is 0. The first kappa shape index (κ1) is 10.9. The molecule has 0 saturated carbocycles. The second-order valence-electron chi connectivity index (χ2n) is 4.99. The van der Waals surface area contributed by atoms with Crippen molar-refractivity contribution in [2.45, 2.75) is 50.2 Å². The van der Waals surface area contributed by atoms with E-state index in [-0.39, 0.29) is 23.1 Å². The number of epoxide rings is 1. The highest BCUT2D eigenvalue weighted by Gasteiger charge is 2.70. The van der Waals surface area contributed by atoms with E-state index in [2.05, 4.69) is 14.0 Å². The minimum Gasteiger partial charge on any atom is -1.00 e. The Morgan fingerprint density at radius 3 is 2.21 bits per heavy atom. The lowest BCUT2D eigenvalue weighted by molar-refractivity contribution is -0.954. The molecule has 3 saturated heterocycles. The van der Waals surface area contributed by atoms with Gasteiger partial charge in [-0.1, -0.05) is 0 Å². The van der Waals surface area contributed by atoms with E-state index < -0.39 is 0 Å². The zero-order valence-electron chi connectivity index (χ0n) is 8.69. The van der Waals surface area contributed by atoms with Gasteiger partial charge in [0, 0.05) is 12.8 Å². The molecule has 82 valence electrons.